The third-order valence-corrected chi connectivity index (χ3v) is 5.55. The van der Waals surface area contributed by atoms with Gasteiger partial charge in [-0.1, -0.05) is 6.08 Å². The normalized spacial score (nSPS) is 16.8. The van der Waals surface area contributed by atoms with E-state index in [1.807, 2.05) is 4.90 Å². The second kappa shape index (κ2) is 10.8. The average molecular weight is 406 g/mol. The number of rotatable bonds is 6. The summed E-state index contributed by atoms with van der Waals surface area (Å²) in [6.07, 6.45) is 2.09. The highest BCUT2D eigenvalue weighted by Crippen LogP contribution is 2.27. The molecular weight excluding hydrogens is 378 g/mol. The molecule has 1 atom stereocenters. The Morgan fingerprint density at radius 2 is 2.25 bits per heavy atom. The minimum Gasteiger partial charge on any atom is -0.368 e. The summed E-state index contributed by atoms with van der Waals surface area (Å²) in [5.41, 5.74) is 1.24. The zero-order valence-corrected chi connectivity index (χ0v) is 17.3. The smallest absolute Gasteiger partial charge is 0.251 e. The van der Waals surface area contributed by atoms with Crippen LogP contribution < -0.4 is 10.2 Å². The number of nitrogens with zero attached hydrogens (tertiary/aromatic N) is 4. The van der Waals surface area contributed by atoms with Gasteiger partial charge in [0.25, 0.3) is 5.91 Å². The van der Waals surface area contributed by atoms with E-state index >= 15 is 0 Å². The van der Waals surface area contributed by atoms with Crippen LogP contribution in [-0.4, -0.2) is 66.5 Å². The number of nitrogens with one attached hydrogen (secondary N) is 1. The Bertz CT molecular complexity index is 742. The highest BCUT2D eigenvalue weighted by atomic mass is 32.1. The minimum absolute atomic E-state index is 0.0964. The van der Waals surface area contributed by atoms with Gasteiger partial charge in [-0.15, -0.1) is 6.58 Å². The predicted molar refractivity (Wildman–Crippen MR) is 108 cm³/mol. The molecule has 8 nitrogen and oxygen atoms in total. The Labute approximate surface area is 169 Å². The van der Waals surface area contributed by atoms with E-state index < -0.39 is 6.10 Å². The predicted octanol–water partition coefficient (Wildman–Crippen LogP) is 1.46. The molecule has 0 bridgehead atoms. The Kier molecular flexibility index (Phi) is 8.42. The zero-order valence-electron chi connectivity index (χ0n) is 16.4. The number of ether oxygens (including phenoxy) is 1. The molecule has 152 valence electrons. The molecule has 1 aromatic rings. The van der Waals surface area contributed by atoms with Crippen LogP contribution in [0.3, 0.4) is 0 Å². The summed E-state index contributed by atoms with van der Waals surface area (Å²) in [5, 5.41) is 13.1. The lowest BCUT2D eigenvalue weighted by Crippen LogP contribution is -2.47. The third kappa shape index (κ3) is 5.78. The summed E-state index contributed by atoms with van der Waals surface area (Å²) in [4.78, 5) is 28.5. The third-order valence-electron chi connectivity index (χ3n) is 4.55. The molecule has 0 aliphatic carbocycles. The van der Waals surface area contributed by atoms with E-state index in [9.17, 15) is 14.9 Å². The van der Waals surface area contributed by atoms with Crippen LogP contribution in [0.4, 0.5) is 5.00 Å². The maximum atomic E-state index is 12.8. The van der Waals surface area contributed by atoms with E-state index in [1.165, 1.54) is 11.5 Å². The van der Waals surface area contributed by atoms with Gasteiger partial charge in [0.05, 0.1) is 12.3 Å². The number of aromatic nitrogens is 1. The second-order valence-corrected chi connectivity index (χ2v) is 7.31. The van der Waals surface area contributed by atoms with Crippen LogP contribution in [0, 0.1) is 18.3 Å². The Balaban J connectivity index is 2.12. The minimum atomic E-state index is -0.584. The van der Waals surface area contributed by atoms with Gasteiger partial charge in [0.1, 0.15) is 22.7 Å². The molecule has 1 saturated heterocycles. The number of nitriles is 1. The number of hydrogen-bond acceptors (Lipinski definition) is 7. The molecule has 2 rings (SSSR count). The van der Waals surface area contributed by atoms with E-state index in [0.717, 1.165) is 5.00 Å². The van der Waals surface area contributed by atoms with Crippen molar-refractivity contribution in [3.8, 4) is 6.07 Å². The lowest BCUT2D eigenvalue weighted by atomic mass is 10.2. The van der Waals surface area contributed by atoms with Crippen molar-refractivity contribution >= 4 is 28.3 Å². The van der Waals surface area contributed by atoms with Crippen molar-refractivity contribution in [2.45, 2.75) is 32.8 Å². The van der Waals surface area contributed by atoms with Crippen molar-refractivity contribution in [1.29, 1.82) is 5.26 Å². The van der Waals surface area contributed by atoms with Crippen LogP contribution >= 0.6 is 11.5 Å². The molecule has 1 unspecified atom stereocenters. The quantitative estimate of drug-likeness (QED) is 0.568. The first-order chi connectivity index (χ1) is 13.5. The molecule has 2 amide bonds. The molecule has 0 aromatic carbocycles. The first-order valence-electron chi connectivity index (χ1n) is 9.37. The van der Waals surface area contributed by atoms with E-state index in [1.54, 1.807) is 24.8 Å². The summed E-state index contributed by atoms with van der Waals surface area (Å²) in [7, 11) is 0. The van der Waals surface area contributed by atoms with Crippen LogP contribution in [0.5, 0.6) is 0 Å². The van der Waals surface area contributed by atoms with Crippen molar-refractivity contribution in [3.05, 3.63) is 23.9 Å². The molecule has 1 fully saturated rings. The number of carbonyl (C=O) groups excluding carboxylic acids is 2. The van der Waals surface area contributed by atoms with Gasteiger partial charge in [0.15, 0.2) is 0 Å². The van der Waals surface area contributed by atoms with Gasteiger partial charge in [-0.3, -0.25) is 9.59 Å². The second-order valence-electron chi connectivity index (χ2n) is 6.56. The van der Waals surface area contributed by atoms with Gasteiger partial charge in [-0.25, -0.2) is 0 Å². The van der Waals surface area contributed by atoms with Gasteiger partial charge < -0.3 is 19.9 Å². The topological polar surface area (TPSA) is 98.6 Å². The maximum Gasteiger partial charge on any atom is 0.251 e. The number of anilines is 1. The molecule has 1 N–H and O–H groups in total. The average Bonchev–Trinajstić information content (AvgIpc) is 3.06. The number of aryl methyl sites for hydroxylation is 1. The SMILES string of the molecule is C=CCCOC(C)C(=O)N1CCC(=O)NCCN(c2snc(C)c2C#N)CC1. The number of amides is 2. The van der Waals surface area contributed by atoms with Crippen molar-refractivity contribution in [2.75, 3.05) is 44.2 Å². The molecule has 1 aliphatic heterocycles. The Morgan fingerprint density at radius 3 is 2.96 bits per heavy atom. The van der Waals surface area contributed by atoms with Crippen LogP contribution in [0.1, 0.15) is 31.0 Å². The highest BCUT2D eigenvalue weighted by molar-refractivity contribution is 7.10. The molecule has 0 spiro atoms. The molecule has 28 heavy (non-hydrogen) atoms. The lowest BCUT2D eigenvalue weighted by Gasteiger charge is -2.31. The summed E-state index contributed by atoms with van der Waals surface area (Å²) in [6.45, 7) is 9.97. The van der Waals surface area contributed by atoms with Gasteiger partial charge in [0.2, 0.25) is 5.91 Å². The van der Waals surface area contributed by atoms with Crippen molar-refractivity contribution in [3.63, 3.8) is 0 Å². The number of carbonyl (C=O) groups is 2. The first-order valence-corrected chi connectivity index (χ1v) is 10.1. The van der Waals surface area contributed by atoms with E-state index in [4.69, 9.17) is 4.74 Å². The van der Waals surface area contributed by atoms with E-state index in [2.05, 4.69) is 22.3 Å². The van der Waals surface area contributed by atoms with Crippen LogP contribution in [0.25, 0.3) is 0 Å². The fraction of sp³-hybridized carbons (Fsp3) is 0.579. The Hall–Kier alpha value is -2.44. The van der Waals surface area contributed by atoms with Crippen molar-refractivity contribution in [1.82, 2.24) is 14.6 Å². The molecule has 0 radical (unpaired) electrons. The molecule has 1 aliphatic rings. The largest absolute Gasteiger partial charge is 0.368 e. The molecular formula is C19H27N5O3S. The lowest BCUT2D eigenvalue weighted by molar-refractivity contribution is -0.142. The van der Waals surface area contributed by atoms with E-state index in [0.29, 0.717) is 57.0 Å². The van der Waals surface area contributed by atoms with E-state index in [-0.39, 0.29) is 18.2 Å². The fourth-order valence-corrected chi connectivity index (χ4v) is 3.80. The molecule has 2 heterocycles. The molecule has 0 saturated carbocycles. The number of hydrogen-bond donors (Lipinski definition) is 1. The van der Waals surface area contributed by atoms with Gasteiger partial charge >= 0.3 is 0 Å². The zero-order chi connectivity index (χ0) is 20.5. The summed E-state index contributed by atoms with van der Waals surface area (Å²) < 4.78 is 9.86. The van der Waals surface area contributed by atoms with Crippen molar-refractivity contribution in [2.24, 2.45) is 0 Å². The molecule has 9 heteroatoms. The summed E-state index contributed by atoms with van der Waals surface area (Å²) >= 11 is 1.27. The van der Waals surface area contributed by atoms with Gasteiger partial charge in [0, 0.05) is 39.1 Å². The van der Waals surface area contributed by atoms with Crippen LogP contribution in [0.15, 0.2) is 12.7 Å². The fourth-order valence-electron chi connectivity index (χ4n) is 2.90. The van der Waals surface area contributed by atoms with Gasteiger partial charge in [-0.2, -0.15) is 9.64 Å². The molecule has 1 aromatic heterocycles. The van der Waals surface area contributed by atoms with Gasteiger partial charge in [-0.05, 0) is 31.8 Å². The maximum absolute atomic E-state index is 12.8. The van der Waals surface area contributed by atoms with Crippen LogP contribution in [0.2, 0.25) is 0 Å². The summed E-state index contributed by atoms with van der Waals surface area (Å²) in [5.74, 6) is -0.237. The van der Waals surface area contributed by atoms with Crippen LogP contribution in [-0.2, 0) is 14.3 Å². The highest BCUT2D eigenvalue weighted by Gasteiger charge is 2.25. The van der Waals surface area contributed by atoms with Crippen molar-refractivity contribution < 1.29 is 14.3 Å². The summed E-state index contributed by atoms with van der Waals surface area (Å²) in [6, 6.07) is 2.21. The first kappa shape index (κ1) is 21.9. The standard InChI is InChI=1S/C19H27N5O3S/c1-4-5-12-27-15(3)18(26)23-8-6-17(25)21-7-9-24(11-10-23)19-16(13-20)14(2)22-28-19/h4,15H,1,5-12H2,2-3H3,(H,21,25). The monoisotopic (exact) mass is 405 g/mol. The Morgan fingerprint density at radius 1 is 1.46 bits per heavy atom.